The van der Waals surface area contributed by atoms with Crippen molar-refractivity contribution in [2.45, 2.75) is 24.9 Å². The van der Waals surface area contributed by atoms with Crippen LogP contribution in [-0.4, -0.2) is 12.6 Å². The minimum atomic E-state index is -0.0296. The van der Waals surface area contributed by atoms with Crippen molar-refractivity contribution >= 4 is 40.5 Å². The Kier molecular flexibility index (Phi) is 5.42. The molecule has 0 spiro atoms. The van der Waals surface area contributed by atoms with Crippen LogP contribution in [0.5, 0.6) is 0 Å². The molecule has 0 amide bonds. The zero-order chi connectivity index (χ0) is 17.1. The number of halogens is 3. The third kappa shape index (κ3) is 3.73. The van der Waals surface area contributed by atoms with Crippen molar-refractivity contribution in [2.75, 3.05) is 11.4 Å². The molecule has 1 saturated heterocycles. The van der Waals surface area contributed by atoms with E-state index in [-0.39, 0.29) is 12.1 Å². The van der Waals surface area contributed by atoms with Gasteiger partial charge in [0, 0.05) is 27.5 Å². The van der Waals surface area contributed by atoms with E-state index in [2.05, 4.69) is 14.9 Å². The summed E-state index contributed by atoms with van der Waals surface area (Å²) >= 11 is 18.4. The molecule has 0 saturated carbocycles. The molecule has 7 heteroatoms. The van der Waals surface area contributed by atoms with E-state index in [0.717, 1.165) is 30.6 Å². The molecule has 1 fully saturated rings. The Morgan fingerprint density at radius 3 is 2.42 bits per heavy atom. The molecule has 4 nitrogen and oxygen atoms in total. The summed E-state index contributed by atoms with van der Waals surface area (Å²) in [6.07, 6.45) is 1.51. The lowest BCUT2D eigenvalue weighted by atomic mass is 9.91. The van der Waals surface area contributed by atoms with Crippen LogP contribution in [0.3, 0.4) is 0 Å². The predicted molar refractivity (Wildman–Crippen MR) is 100 cm³/mol. The molecule has 0 bridgehead atoms. The SMILES string of the molecule is [N-]=[N+]=N[C@H]1CCN(c2ccc(Cl)cc2Cl)[C@H](c2ccc(Cl)cc2)C1. The van der Waals surface area contributed by atoms with Crippen LogP contribution in [-0.2, 0) is 0 Å². The molecular formula is C17H15Cl3N4. The van der Waals surface area contributed by atoms with Gasteiger partial charge in [0.05, 0.1) is 16.8 Å². The zero-order valence-corrected chi connectivity index (χ0v) is 15.0. The summed E-state index contributed by atoms with van der Waals surface area (Å²) in [5, 5.41) is 5.83. The summed E-state index contributed by atoms with van der Waals surface area (Å²) in [7, 11) is 0. The third-order valence-electron chi connectivity index (χ3n) is 4.26. The molecule has 2 aromatic carbocycles. The van der Waals surface area contributed by atoms with E-state index in [0.29, 0.717) is 15.1 Å². The van der Waals surface area contributed by atoms with Gasteiger partial charge in [-0.05, 0) is 54.3 Å². The Labute approximate surface area is 155 Å². The Morgan fingerprint density at radius 2 is 1.75 bits per heavy atom. The summed E-state index contributed by atoms with van der Waals surface area (Å²) < 4.78 is 0. The van der Waals surface area contributed by atoms with Gasteiger partial charge in [-0.2, -0.15) is 0 Å². The highest BCUT2D eigenvalue weighted by Crippen LogP contribution is 2.40. The zero-order valence-electron chi connectivity index (χ0n) is 12.7. The second-order valence-electron chi connectivity index (χ2n) is 5.74. The fourth-order valence-electron chi connectivity index (χ4n) is 3.13. The molecule has 1 aliphatic heterocycles. The number of piperidine rings is 1. The Hall–Kier alpha value is -1.58. The topological polar surface area (TPSA) is 52.0 Å². The molecule has 0 aromatic heterocycles. The molecule has 3 rings (SSSR count). The fraction of sp³-hybridized carbons (Fsp3) is 0.294. The van der Waals surface area contributed by atoms with Crippen LogP contribution in [0.15, 0.2) is 47.6 Å². The van der Waals surface area contributed by atoms with Crippen molar-refractivity contribution in [1.29, 1.82) is 0 Å². The standard InChI is InChI=1S/C17H15Cl3N4/c18-12-3-1-11(2-4-12)17-10-14(22-23-21)7-8-24(17)16-6-5-13(19)9-15(16)20/h1-6,9,14,17H,7-8,10H2/t14-,17-/m0/s1. The van der Waals surface area contributed by atoms with Crippen LogP contribution in [0, 0.1) is 0 Å². The summed E-state index contributed by atoms with van der Waals surface area (Å²) in [6, 6.07) is 13.3. The summed E-state index contributed by atoms with van der Waals surface area (Å²) in [5.74, 6) is 0. The smallest absolute Gasteiger partial charge is 0.0654 e. The molecule has 0 radical (unpaired) electrons. The molecular weight excluding hydrogens is 367 g/mol. The van der Waals surface area contributed by atoms with Gasteiger partial charge in [-0.3, -0.25) is 0 Å². The number of anilines is 1. The van der Waals surface area contributed by atoms with Crippen LogP contribution >= 0.6 is 34.8 Å². The molecule has 2 atom stereocenters. The number of azide groups is 1. The van der Waals surface area contributed by atoms with Gasteiger partial charge in [0.2, 0.25) is 0 Å². The van der Waals surface area contributed by atoms with Crippen molar-refractivity contribution in [3.63, 3.8) is 0 Å². The van der Waals surface area contributed by atoms with E-state index in [1.165, 1.54) is 0 Å². The molecule has 0 N–H and O–H groups in total. The van der Waals surface area contributed by atoms with E-state index in [4.69, 9.17) is 40.3 Å². The molecule has 1 heterocycles. The number of hydrogen-bond donors (Lipinski definition) is 0. The Balaban J connectivity index is 1.99. The molecule has 24 heavy (non-hydrogen) atoms. The quantitative estimate of drug-likeness (QED) is 0.333. The van der Waals surface area contributed by atoms with E-state index in [1.807, 2.05) is 36.4 Å². The van der Waals surface area contributed by atoms with Crippen molar-refractivity contribution in [1.82, 2.24) is 0 Å². The highest BCUT2D eigenvalue weighted by atomic mass is 35.5. The second kappa shape index (κ2) is 7.54. The first-order valence-corrected chi connectivity index (χ1v) is 8.73. The Morgan fingerprint density at radius 1 is 1.04 bits per heavy atom. The van der Waals surface area contributed by atoms with Gasteiger partial charge in [0.1, 0.15) is 0 Å². The van der Waals surface area contributed by atoms with Gasteiger partial charge < -0.3 is 4.90 Å². The average molecular weight is 382 g/mol. The maximum absolute atomic E-state index is 8.76. The minimum Gasteiger partial charge on any atom is -0.363 e. The van der Waals surface area contributed by atoms with Gasteiger partial charge in [-0.25, -0.2) is 0 Å². The van der Waals surface area contributed by atoms with Crippen molar-refractivity contribution < 1.29 is 0 Å². The van der Waals surface area contributed by atoms with Crippen molar-refractivity contribution in [2.24, 2.45) is 5.11 Å². The fourth-order valence-corrected chi connectivity index (χ4v) is 3.77. The summed E-state index contributed by atoms with van der Waals surface area (Å²) in [4.78, 5) is 5.21. The highest BCUT2D eigenvalue weighted by molar-refractivity contribution is 6.36. The average Bonchev–Trinajstić information content (AvgIpc) is 2.56. The van der Waals surface area contributed by atoms with Crippen LogP contribution in [0.25, 0.3) is 10.4 Å². The molecule has 0 unspecified atom stereocenters. The maximum atomic E-state index is 8.76. The lowest BCUT2D eigenvalue weighted by Gasteiger charge is -2.40. The first-order chi connectivity index (χ1) is 11.6. The van der Waals surface area contributed by atoms with E-state index < -0.39 is 0 Å². The van der Waals surface area contributed by atoms with Gasteiger partial charge >= 0.3 is 0 Å². The first-order valence-electron chi connectivity index (χ1n) is 7.60. The van der Waals surface area contributed by atoms with Crippen LogP contribution in [0.1, 0.15) is 24.4 Å². The van der Waals surface area contributed by atoms with Gasteiger partial charge in [-0.15, -0.1) is 0 Å². The Bertz CT molecular complexity index is 772. The van der Waals surface area contributed by atoms with E-state index >= 15 is 0 Å². The normalized spacial score (nSPS) is 20.5. The summed E-state index contributed by atoms with van der Waals surface area (Å²) in [5.41, 5.74) is 10.8. The van der Waals surface area contributed by atoms with Gasteiger partial charge in [0.15, 0.2) is 0 Å². The van der Waals surface area contributed by atoms with Crippen LogP contribution < -0.4 is 4.90 Å². The van der Waals surface area contributed by atoms with Crippen LogP contribution in [0.2, 0.25) is 15.1 Å². The maximum Gasteiger partial charge on any atom is 0.0654 e. The van der Waals surface area contributed by atoms with Crippen molar-refractivity contribution in [3.05, 3.63) is 73.5 Å². The number of nitrogens with zero attached hydrogens (tertiary/aromatic N) is 4. The van der Waals surface area contributed by atoms with Crippen LogP contribution in [0.4, 0.5) is 5.69 Å². The predicted octanol–water partition coefficient (Wildman–Crippen LogP) is 6.67. The second-order valence-corrected chi connectivity index (χ2v) is 7.02. The molecule has 1 aliphatic rings. The number of benzene rings is 2. The first kappa shape index (κ1) is 17.2. The van der Waals surface area contributed by atoms with Gasteiger partial charge in [0.25, 0.3) is 0 Å². The summed E-state index contributed by atoms with van der Waals surface area (Å²) in [6.45, 7) is 0.748. The molecule has 0 aliphatic carbocycles. The minimum absolute atomic E-state index is 0.0296. The molecule has 2 aromatic rings. The van der Waals surface area contributed by atoms with E-state index in [9.17, 15) is 0 Å². The number of rotatable bonds is 3. The third-order valence-corrected chi connectivity index (χ3v) is 5.05. The monoisotopic (exact) mass is 380 g/mol. The lowest BCUT2D eigenvalue weighted by molar-refractivity contribution is 0.419. The lowest BCUT2D eigenvalue weighted by Crippen LogP contribution is -2.38. The van der Waals surface area contributed by atoms with Crippen molar-refractivity contribution in [3.8, 4) is 0 Å². The molecule has 124 valence electrons. The highest BCUT2D eigenvalue weighted by Gasteiger charge is 2.30. The van der Waals surface area contributed by atoms with Gasteiger partial charge in [-0.1, -0.05) is 52.0 Å². The van der Waals surface area contributed by atoms with E-state index in [1.54, 1.807) is 6.07 Å². The largest absolute Gasteiger partial charge is 0.363 e. The number of hydrogen-bond acceptors (Lipinski definition) is 2.